The van der Waals surface area contributed by atoms with Gasteiger partial charge < -0.3 is 5.11 Å². The smallest absolute Gasteiger partial charge is 0.0639 e. The standard InChI is InChI=1S/C14H22O/c1-4-13(2)10-8-6-5-7-9-11-14(3)12-15/h4-6,11,15H,1-2,7-10,12H2,3H3/b6-5+,14-11-. The van der Waals surface area contributed by atoms with Crippen molar-refractivity contribution < 1.29 is 5.11 Å². The summed E-state index contributed by atoms with van der Waals surface area (Å²) in [6.45, 7) is 9.63. The largest absolute Gasteiger partial charge is 0.392 e. The van der Waals surface area contributed by atoms with E-state index >= 15 is 0 Å². The van der Waals surface area contributed by atoms with Crippen LogP contribution in [0.3, 0.4) is 0 Å². The molecule has 0 aliphatic rings. The highest BCUT2D eigenvalue weighted by atomic mass is 16.3. The Hall–Kier alpha value is -1.08. The van der Waals surface area contributed by atoms with Gasteiger partial charge in [0.1, 0.15) is 0 Å². The van der Waals surface area contributed by atoms with E-state index in [4.69, 9.17) is 5.11 Å². The molecule has 0 rings (SSSR count). The summed E-state index contributed by atoms with van der Waals surface area (Å²) in [6.07, 6.45) is 12.3. The van der Waals surface area contributed by atoms with Gasteiger partial charge in [-0.15, -0.1) is 0 Å². The number of rotatable bonds is 8. The van der Waals surface area contributed by atoms with Crippen molar-refractivity contribution in [3.63, 3.8) is 0 Å². The van der Waals surface area contributed by atoms with E-state index in [1.165, 1.54) is 0 Å². The minimum absolute atomic E-state index is 0.170. The van der Waals surface area contributed by atoms with E-state index in [1.54, 1.807) is 6.08 Å². The maximum Gasteiger partial charge on any atom is 0.0639 e. The van der Waals surface area contributed by atoms with Crippen LogP contribution in [0.25, 0.3) is 0 Å². The second kappa shape index (κ2) is 9.47. The van der Waals surface area contributed by atoms with Gasteiger partial charge in [0.15, 0.2) is 0 Å². The molecule has 1 N–H and O–H groups in total. The fourth-order valence-corrected chi connectivity index (χ4v) is 1.10. The lowest BCUT2D eigenvalue weighted by Gasteiger charge is -1.95. The molecule has 0 heterocycles. The molecule has 0 amide bonds. The van der Waals surface area contributed by atoms with Crippen molar-refractivity contribution in [2.45, 2.75) is 32.6 Å². The zero-order valence-electron chi connectivity index (χ0n) is 9.71. The molecular weight excluding hydrogens is 184 g/mol. The first-order valence-corrected chi connectivity index (χ1v) is 5.42. The fraction of sp³-hybridized carbons (Fsp3) is 0.429. The first kappa shape index (κ1) is 13.9. The van der Waals surface area contributed by atoms with Crippen molar-refractivity contribution in [2.24, 2.45) is 0 Å². The van der Waals surface area contributed by atoms with Crippen LogP contribution in [-0.2, 0) is 0 Å². The summed E-state index contributed by atoms with van der Waals surface area (Å²) in [5, 5.41) is 8.76. The third kappa shape index (κ3) is 9.23. The van der Waals surface area contributed by atoms with E-state index in [9.17, 15) is 0 Å². The van der Waals surface area contributed by atoms with Crippen LogP contribution in [0.2, 0.25) is 0 Å². The topological polar surface area (TPSA) is 20.2 Å². The molecule has 0 saturated heterocycles. The summed E-state index contributed by atoms with van der Waals surface area (Å²) in [5.74, 6) is 0. The van der Waals surface area contributed by atoms with Gasteiger partial charge in [-0.3, -0.25) is 0 Å². The molecule has 1 nitrogen and oxygen atoms in total. The molecule has 0 aromatic heterocycles. The predicted octanol–water partition coefficient (Wildman–Crippen LogP) is 3.78. The number of allylic oxidation sites excluding steroid dienone is 5. The zero-order valence-corrected chi connectivity index (χ0v) is 9.71. The number of aliphatic hydroxyl groups excluding tert-OH is 1. The molecule has 0 radical (unpaired) electrons. The van der Waals surface area contributed by atoms with Gasteiger partial charge in [-0.25, -0.2) is 0 Å². The highest BCUT2D eigenvalue weighted by Crippen LogP contribution is 2.05. The van der Waals surface area contributed by atoms with E-state index in [-0.39, 0.29) is 6.61 Å². The normalized spacial score (nSPS) is 12.0. The first-order chi connectivity index (χ1) is 7.20. The average Bonchev–Trinajstić information content (AvgIpc) is 2.26. The van der Waals surface area contributed by atoms with Crippen LogP contribution in [0.15, 0.2) is 48.6 Å². The summed E-state index contributed by atoms with van der Waals surface area (Å²) in [7, 11) is 0. The van der Waals surface area contributed by atoms with Gasteiger partial charge in [0, 0.05) is 0 Å². The van der Waals surface area contributed by atoms with Crippen LogP contribution >= 0.6 is 0 Å². The lowest BCUT2D eigenvalue weighted by Crippen LogP contribution is -1.82. The molecular formula is C14H22O. The van der Waals surface area contributed by atoms with E-state index in [0.717, 1.165) is 36.8 Å². The molecule has 0 spiro atoms. The molecule has 0 fully saturated rings. The van der Waals surface area contributed by atoms with Crippen LogP contribution in [0.5, 0.6) is 0 Å². The Morgan fingerprint density at radius 2 is 1.87 bits per heavy atom. The van der Waals surface area contributed by atoms with Gasteiger partial charge >= 0.3 is 0 Å². The van der Waals surface area contributed by atoms with Gasteiger partial charge in [-0.1, -0.05) is 48.6 Å². The average molecular weight is 206 g/mol. The number of hydrogen-bond acceptors (Lipinski definition) is 1. The zero-order chi connectivity index (χ0) is 11.5. The monoisotopic (exact) mass is 206 g/mol. The lowest BCUT2D eigenvalue weighted by atomic mass is 10.1. The van der Waals surface area contributed by atoms with Crippen LogP contribution in [0, 0.1) is 0 Å². The predicted molar refractivity (Wildman–Crippen MR) is 67.8 cm³/mol. The molecule has 0 bridgehead atoms. The van der Waals surface area contributed by atoms with E-state index in [0.29, 0.717) is 0 Å². The van der Waals surface area contributed by atoms with Gasteiger partial charge in [0.2, 0.25) is 0 Å². The number of unbranched alkanes of at least 4 members (excludes halogenated alkanes) is 1. The Balaban J connectivity index is 3.47. The van der Waals surface area contributed by atoms with Gasteiger partial charge in [-0.05, 0) is 32.6 Å². The van der Waals surface area contributed by atoms with Crippen LogP contribution < -0.4 is 0 Å². The van der Waals surface area contributed by atoms with Crippen molar-refractivity contribution in [2.75, 3.05) is 6.61 Å². The van der Waals surface area contributed by atoms with Gasteiger partial charge in [0.25, 0.3) is 0 Å². The molecule has 84 valence electrons. The minimum atomic E-state index is 0.170. The molecule has 0 aromatic rings. The van der Waals surface area contributed by atoms with Crippen molar-refractivity contribution in [3.8, 4) is 0 Å². The summed E-state index contributed by atoms with van der Waals surface area (Å²) in [6, 6.07) is 0. The van der Waals surface area contributed by atoms with Crippen molar-refractivity contribution in [1.29, 1.82) is 0 Å². The molecule has 0 saturated carbocycles. The quantitative estimate of drug-likeness (QED) is 0.364. The maximum atomic E-state index is 8.76. The third-order valence-electron chi connectivity index (χ3n) is 2.16. The fourth-order valence-electron chi connectivity index (χ4n) is 1.10. The molecule has 1 heteroatoms. The Morgan fingerprint density at radius 3 is 2.47 bits per heavy atom. The van der Waals surface area contributed by atoms with E-state index in [1.807, 2.05) is 6.92 Å². The van der Waals surface area contributed by atoms with Crippen molar-refractivity contribution in [3.05, 3.63) is 48.6 Å². The summed E-state index contributed by atoms with van der Waals surface area (Å²) >= 11 is 0. The number of hydrogen-bond donors (Lipinski definition) is 1. The second-order valence-electron chi connectivity index (χ2n) is 3.66. The van der Waals surface area contributed by atoms with E-state index in [2.05, 4.69) is 31.4 Å². The lowest BCUT2D eigenvalue weighted by molar-refractivity contribution is 0.331. The molecule has 0 aliphatic heterocycles. The molecule has 0 unspecified atom stereocenters. The Labute approximate surface area is 93.5 Å². The Bertz CT molecular complexity index is 246. The van der Waals surface area contributed by atoms with Crippen LogP contribution in [0.4, 0.5) is 0 Å². The number of aliphatic hydroxyl groups is 1. The second-order valence-corrected chi connectivity index (χ2v) is 3.66. The highest BCUT2D eigenvalue weighted by Gasteiger charge is 1.86. The molecule has 0 atom stereocenters. The third-order valence-corrected chi connectivity index (χ3v) is 2.16. The van der Waals surface area contributed by atoms with Crippen molar-refractivity contribution in [1.82, 2.24) is 0 Å². The summed E-state index contributed by atoms with van der Waals surface area (Å²) in [5.41, 5.74) is 2.14. The first-order valence-electron chi connectivity index (χ1n) is 5.42. The molecule has 15 heavy (non-hydrogen) atoms. The van der Waals surface area contributed by atoms with E-state index < -0.39 is 0 Å². The Kier molecular flexibility index (Phi) is 8.79. The molecule has 0 aliphatic carbocycles. The minimum Gasteiger partial charge on any atom is -0.392 e. The summed E-state index contributed by atoms with van der Waals surface area (Å²) < 4.78 is 0. The van der Waals surface area contributed by atoms with Crippen molar-refractivity contribution >= 4 is 0 Å². The highest BCUT2D eigenvalue weighted by molar-refractivity contribution is 5.11. The SMILES string of the molecule is C=CC(=C)CC/C=C/CC/C=C(/C)CO. The molecule has 0 aromatic carbocycles. The van der Waals surface area contributed by atoms with Crippen LogP contribution in [0.1, 0.15) is 32.6 Å². The Morgan fingerprint density at radius 1 is 1.20 bits per heavy atom. The maximum absolute atomic E-state index is 8.76. The van der Waals surface area contributed by atoms with Gasteiger partial charge in [0.05, 0.1) is 6.61 Å². The summed E-state index contributed by atoms with van der Waals surface area (Å²) in [4.78, 5) is 0. The van der Waals surface area contributed by atoms with Crippen LogP contribution in [-0.4, -0.2) is 11.7 Å². The van der Waals surface area contributed by atoms with Gasteiger partial charge in [-0.2, -0.15) is 0 Å².